The van der Waals surface area contributed by atoms with Crippen molar-refractivity contribution in [2.45, 2.75) is 70.5 Å². The maximum atomic E-state index is 13.4. The van der Waals surface area contributed by atoms with E-state index in [9.17, 15) is 19.2 Å². The van der Waals surface area contributed by atoms with Gasteiger partial charge >= 0.3 is 12.1 Å². The molecule has 0 radical (unpaired) electrons. The summed E-state index contributed by atoms with van der Waals surface area (Å²) in [7, 11) is 0. The minimum absolute atomic E-state index is 0.00489. The first-order valence-corrected chi connectivity index (χ1v) is 12.5. The third-order valence-corrected chi connectivity index (χ3v) is 6.62. The Balaban J connectivity index is 1.72. The fourth-order valence-corrected chi connectivity index (χ4v) is 4.76. The number of urea groups is 2. The fourth-order valence-electron chi connectivity index (χ4n) is 4.76. The molecule has 2 atom stereocenters. The van der Waals surface area contributed by atoms with Gasteiger partial charge in [0.05, 0.1) is 6.54 Å². The van der Waals surface area contributed by atoms with Gasteiger partial charge in [-0.05, 0) is 38.3 Å². The lowest BCUT2D eigenvalue weighted by molar-refractivity contribution is -0.131. The van der Waals surface area contributed by atoms with Crippen molar-refractivity contribution in [3.8, 4) is 0 Å². The van der Waals surface area contributed by atoms with Gasteiger partial charge in [-0.2, -0.15) is 0 Å². The van der Waals surface area contributed by atoms with Crippen molar-refractivity contribution in [2.24, 2.45) is 11.7 Å². The van der Waals surface area contributed by atoms with Crippen LogP contribution in [0.3, 0.4) is 0 Å². The molecule has 6 amide bonds. The Kier molecular flexibility index (Phi) is 9.33. The minimum Gasteiger partial charge on any atom is -0.368 e. The van der Waals surface area contributed by atoms with Crippen LogP contribution in [0.5, 0.6) is 0 Å². The predicted octanol–water partition coefficient (Wildman–Crippen LogP) is 2.26. The second-order valence-electron chi connectivity index (χ2n) is 9.76. The number of anilines is 1. The van der Waals surface area contributed by atoms with E-state index >= 15 is 0 Å². The zero-order valence-electron chi connectivity index (χ0n) is 20.7. The number of hydrogen-bond donors (Lipinski definition) is 4. The van der Waals surface area contributed by atoms with Crippen molar-refractivity contribution < 1.29 is 19.2 Å². The Labute approximate surface area is 207 Å². The number of nitrogens with two attached hydrogens (primary N) is 1. The Hall–Kier alpha value is -3.30. The molecule has 10 heteroatoms. The van der Waals surface area contributed by atoms with Gasteiger partial charge in [-0.3, -0.25) is 9.59 Å². The number of benzene rings is 1. The lowest BCUT2D eigenvalue weighted by atomic mass is 9.84. The molecule has 1 saturated heterocycles. The van der Waals surface area contributed by atoms with Crippen LogP contribution in [0.25, 0.3) is 0 Å². The number of nitrogens with one attached hydrogen (secondary N) is 3. The summed E-state index contributed by atoms with van der Waals surface area (Å²) in [5.41, 5.74) is 6.27. The minimum atomic E-state index is -0.947. The fraction of sp³-hybridized carbons (Fsp3) is 0.600. The van der Waals surface area contributed by atoms with Crippen LogP contribution in [0.15, 0.2) is 30.3 Å². The van der Waals surface area contributed by atoms with E-state index < -0.39 is 23.9 Å². The molecule has 192 valence electrons. The van der Waals surface area contributed by atoms with Crippen molar-refractivity contribution in [2.75, 3.05) is 25.0 Å². The van der Waals surface area contributed by atoms with Crippen molar-refractivity contribution in [1.82, 2.24) is 20.4 Å². The van der Waals surface area contributed by atoms with Crippen LogP contribution in [-0.2, 0) is 9.59 Å². The van der Waals surface area contributed by atoms with Crippen LogP contribution < -0.4 is 21.7 Å². The first kappa shape index (κ1) is 26.3. The van der Waals surface area contributed by atoms with Crippen LogP contribution in [0.2, 0.25) is 0 Å². The number of carbonyl (C=O) groups is 4. The zero-order chi connectivity index (χ0) is 25.4. The molecule has 1 aromatic rings. The standard InChI is InChI=1S/C25H38N6O4/c1-17(2)27-25(35)31-14-13-30(24(34)28-19-11-7-4-8-12-19)16-21(31)23(33)29-20(22(26)32)15-18-9-5-3-6-10-18/h4,7-8,11-12,17-18,20-21H,3,5-6,9-10,13-16H2,1-2H3,(H2,26,32)(H,27,35)(H,28,34)(H,29,33)/t20-,21-/m0/s1. The zero-order valence-corrected chi connectivity index (χ0v) is 20.7. The molecule has 2 fully saturated rings. The van der Waals surface area contributed by atoms with Crippen LogP contribution in [0, 0.1) is 5.92 Å². The average Bonchev–Trinajstić information content (AvgIpc) is 2.84. The first-order chi connectivity index (χ1) is 16.7. The number of amides is 6. The van der Waals surface area contributed by atoms with E-state index in [2.05, 4.69) is 16.0 Å². The van der Waals surface area contributed by atoms with Gasteiger partial charge in [-0.1, -0.05) is 50.3 Å². The van der Waals surface area contributed by atoms with Crippen molar-refractivity contribution in [3.63, 3.8) is 0 Å². The molecule has 35 heavy (non-hydrogen) atoms. The molecule has 0 bridgehead atoms. The van der Waals surface area contributed by atoms with Crippen LogP contribution in [0.4, 0.5) is 15.3 Å². The van der Waals surface area contributed by atoms with E-state index in [1.807, 2.05) is 32.0 Å². The van der Waals surface area contributed by atoms with Gasteiger partial charge in [-0.25, -0.2) is 9.59 Å². The normalized spacial score (nSPS) is 19.7. The van der Waals surface area contributed by atoms with E-state index in [-0.39, 0.29) is 37.7 Å². The molecule has 2 aliphatic rings. The summed E-state index contributed by atoms with van der Waals surface area (Å²) in [6.45, 7) is 4.14. The number of primary amides is 1. The molecule has 0 unspecified atom stereocenters. The van der Waals surface area contributed by atoms with E-state index in [4.69, 9.17) is 5.73 Å². The molecule has 0 aromatic heterocycles. The molecular formula is C25H38N6O4. The van der Waals surface area contributed by atoms with Gasteiger partial charge < -0.3 is 31.5 Å². The lowest BCUT2D eigenvalue weighted by Gasteiger charge is -2.41. The summed E-state index contributed by atoms with van der Waals surface area (Å²) < 4.78 is 0. The smallest absolute Gasteiger partial charge is 0.321 e. The van der Waals surface area contributed by atoms with E-state index in [0.29, 0.717) is 18.0 Å². The molecule has 1 aromatic carbocycles. The number of hydrogen-bond acceptors (Lipinski definition) is 4. The van der Waals surface area contributed by atoms with Gasteiger partial charge in [0, 0.05) is 24.8 Å². The Morgan fingerprint density at radius 2 is 1.66 bits per heavy atom. The maximum Gasteiger partial charge on any atom is 0.321 e. The number of piperazine rings is 1. The van der Waals surface area contributed by atoms with Gasteiger partial charge in [0.25, 0.3) is 0 Å². The molecule has 1 heterocycles. The Morgan fingerprint density at radius 3 is 2.29 bits per heavy atom. The van der Waals surface area contributed by atoms with E-state index in [0.717, 1.165) is 25.7 Å². The van der Waals surface area contributed by atoms with Gasteiger partial charge in [-0.15, -0.1) is 0 Å². The molecule has 0 spiro atoms. The highest BCUT2D eigenvalue weighted by molar-refractivity contribution is 5.94. The summed E-state index contributed by atoms with van der Waals surface area (Å²) in [4.78, 5) is 54.2. The maximum absolute atomic E-state index is 13.4. The van der Waals surface area contributed by atoms with Crippen LogP contribution in [0.1, 0.15) is 52.4 Å². The van der Waals surface area contributed by atoms with Gasteiger partial charge in [0.1, 0.15) is 12.1 Å². The van der Waals surface area contributed by atoms with Gasteiger partial charge in [0.2, 0.25) is 11.8 Å². The highest BCUT2D eigenvalue weighted by Crippen LogP contribution is 2.27. The van der Waals surface area contributed by atoms with Crippen molar-refractivity contribution in [3.05, 3.63) is 30.3 Å². The highest BCUT2D eigenvalue weighted by atomic mass is 16.2. The largest absolute Gasteiger partial charge is 0.368 e. The molecule has 10 nitrogen and oxygen atoms in total. The molecule has 1 saturated carbocycles. The lowest BCUT2D eigenvalue weighted by Crippen LogP contribution is -2.65. The highest BCUT2D eigenvalue weighted by Gasteiger charge is 2.38. The van der Waals surface area contributed by atoms with Crippen LogP contribution in [-0.4, -0.2) is 71.4 Å². The quantitative estimate of drug-likeness (QED) is 0.470. The summed E-state index contributed by atoms with van der Waals surface area (Å²) in [5, 5.41) is 8.43. The van der Waals surface area contributed by atoms with Crippen molar-refractivity contribution in [1.29, 1.82) is 0 Å². The van der Waals surface area contributed by atoms with Gasteiger partial charge in [0.15, 0.2) is 0 Å². The second kappa shape index (κ2) is 12.4. The van der Waals surface area contributed by atoms with E-state index in [1.54, 1.807) is 12.1 Å². The Bertz CT molecular complexity index is 887. The monoisotopic (exact) mass is 486 g/mol. The van der Waals surface area contributed by atoms with E-state index in [1.165, 1.54) is 16.2 Å². The molecule has 1 aliphatic carbocycles. The summed E-state index contributed by atoms with van der Waals surface area (Å²) in [6, 6.07) is 6.42. The van der Waals surface area contributed by atoms with Crippen molar-refractivity contribution >= 4 is 29.6 Å². The molecule has 1 aliphatic heterocycles. The first-order valence-electron chi connectivity index (χ1n) is 12.5. The topological polar surface area (TPSA) is 137 Å². The van der Waals surface area contributed by atoms with Crippen LogP contribution >= 0.6 is 0 Å². The third-order valence-electron chi connectivity index (χ3n) is 6.62. The molecule has 5 N–H and O–H groups in total. The number of nitrogens with zero attached hydrogens (tertiary/aromatic N) is 2. The summed E-state index contributed by atoms with van der Waals surface area (Å²) in [6.07, 6.45) is 5.93. The SMILES string of the molecule is CC(C)NC(=O)N1CCN(C(=O)Nc2ccccc2)C[C@H]1C(=O)N[C@@H](CC1CCCCC1)C(N)=O. The average molecular weight is 487 g/mol. The predicted molar refractivity (Wildman–Crippen MR) is 134 cm³/mol. The Morgan fingerprint density at radius 1 is 0.971 bits per heavy atom. The summed E-state index contributed by atoms with van der Waals surface area (Å²) in [5.74, 6) is -0.737. The molecule has 3 rings (SSSR count). The third kappa shape index (κ3) is 7.60. The summed E-state index contributed by atoms with van der Waals surface area (Å²) >= 11 is 0. The number of carbonyl (C=O) groups excluding carboxylic acids is 4. The number of rotatable bonds is 7. The molecular weight excluding hydrogens is 448 g/mol. The number of para-hydroxylation sites is 1. The second-order valence-corrected chi connectivity index (χ2v) is 9.76.